The molecule has 3 aliphatic heterocycles. The normalized spacial score (nSPS) is 23.4. The van der Waals surface area contributed by atoms with E-state index in [9.17, 15) is 14.4 Å². The molecule has 1 aromatic carbocycles. The summed E-state index contributed by atoms with van der Waals surface area (Å²) in [5, 5.41) is 2.43. The van der Waals surface area contributed by atoms with Gasteiger partial charge in [-0.05, 0) is 43.4 Å². The summed E-state index contributed by atoms with van der Waals surface area (Å²) in [5.74, 6) is -0.315. The lowest BCUT2D eigenvalue weighted by Gasteiger charge is -2.36. The van der Waals surface area contributed by atoms with Crippen molar-refractivity contribution in [1.29, 1.82) is 0 Å². The Morgan fingerprint density at radius 1 is 0.967 bits per heavy atom. The van der Waals surface area contributed by atoms with Gasteiger partial charge in [0.15, 0.2) is 0 Å². The summed E-state index contributed by atoms with van der Waals surface area (Å²) in [7, 11) is 0. The Labute approximate surface area is 178 Å². The maximum absolute atomic E-state index is 12.4. The standard InChI is InChI=1S/C23H31N4O3/c28-21-9-8-20(23(30)24-21)18-4-6-19(7-5-18)26-16-14-25(15-17-26)13-10-22(29)27-11-2-1-3-12-27/h1,4-7,20H,2-3,8-17H2,(H,24,28,30). The van der Waals surface area contributed by atoms with E-state index in [1.165, 1.54) is 0 Å². The Hall–Kier alpha value is -2.41. The van der Waals surface area contributed by atoms with E-state index in [0.717, 1.165) is 69.9 Å². The Kier molecular flexibility index (Phi) is 6.67. The number of nitrogens with zero attached hydrogens (tertiary/aromatic N) is 3. The van der Waals surface area contributed by atoms with Crippen molar-refractivity contribution >= 4 is 23.4 Å². The maximum atomic E-state index is 12.4. The highest BCUT2D eigenvalue weighted by Gasteiger charge is 2.28. The zero-order valence-electron chi connectivity index (χ0n) is 17.5. The van der Waals surface area contributed by atoms with E-state index in [1.807, 2.05) is 17.0 Å². The summed E-state index contributed by atoms with van der Waals surface area (Å²) in [6.45, 7) is 6.37. The van der Waals surface area contributed by atoms with Gasteiger partial charge in [-0.15, -0.1) is 0 Å². The molecule has 7 heteroatoms. The summed E-state index contributed by atoms with van der Waals surface area (Å²) in [5.41, 5.74) is 2.13. The highest BCUT2D eigenvalue weighted by atomic mass is 16.2. The van der Waals surface area contributed by atoms with E-state index in [1.54, 1.807) is 0 Å². The largest absolute Gasteiger partial charge is 0.369 e. The molecular formula is C23H31N4O3. The van der Waals surface area contributed by atoms with Gasteiger partial charge in [0.1, 0.15) is 0 Å². The van der Waals surface area contributed by atoms with Crippen LogP contribution in [-0.2, 0) is 14.4 Å². The van der Waals surface area contributed by atoms with Gasteiger partial charge in [-0.1, -0.05) is 12.1 Å². The van der Waals surface area contributed by atoms with Crippen LogP contribution in [-0.4, -0.2) is 73.3 Å². The van der Waals surface area contributed by atoms with Gasteiger partial charge >= 0.3 is 0 Å². The molecule has 3 fully saturated rings. The molecule has 7 nitrogen and oxygen atoms in total. The second kappa shape index (κ2) is 9.60. The lowest BCUT2D eigenvalue weighted by atomic mass is 9.90. The van der Waals surface area contributed by atoms with E-state index in [2.05, 4.69) is 33.7 Å². The third kappa shape index (κ3) is 5.01. The molecule has 1 radical (unpaired) electrons. The number of benzene rings is 1. The Bertz CT molecular complexity index is 765. The van der Waals surface area contributed by atoms with E-state index in [-0.39, 0.29) is 23.6 Å². The number of hydrogen-bond donors (Lipinski definition) is 1. The van der Waals surface area contributed by atoms with E-state index < -0.39 is 0 Å². The van der Waals surface area contributed by atoms with Gasteiger partial charge < -0.3 is 9.80 Å². The van der Waals surface area contributed by atoms with E-state index >= 15 is 0 Å². The van der Waals surface area contributed by atoms with Crippen LogP contribution in [0, 0.1) is 6.42 Å². The third-order valence-corrected chi connectivity index (χ3v) is 6.47. The second-order valence-electron chi connectivity index (χ2n) is 8.42. The van der Waals surface area contributed by atoms with Crippen molar-refractivity contribution in [3.05, 3.63) is 36.2 Å². The minimum Gasteiger partial charge on any atom is -0.369 e. The van der Waals surface area contributed by atoms with Crippen molar-refractivity contribution in [3.8, 4) is 0 Å². The van der Waals surface area contributed by atoms with Crippen LogP contribution in [0.15, 0.2) is 24.3 Å². The van der Waals surface area contributed by atoms with Crippen molar-refractivity contribution in [1.82, 2.24) is 15.1 Å². The molecule has 161 valence electrons. The number of nitrogens with one attached hydrogen (secondary N) is 1. The molecule has 3 aliphatic rings. The fraction of sp³-hybridized carbons (Fsp3) is 0.565. The number of rotatable bonds is 5. The number of piperazine rings is 1. The molecule has 0 spiro atoms. The maximum Gasteiger partial charge on any atom is 0.234 e. The molecule has 3 amide bonds. The highest BCUT2D eigenvalue weighted by Crippen LogP contribution is 2.27. The van der Waals surface area contributed by atoms with Crippen molar-refractivity contribution in [3.63, 3.8) is 0 Å². The summed E-state index contributed by atoms with van der Waals surface area (Å²) in [6.07, 6.45) is 5.90. The van der Waals surface area contributed by atoms with Crippen LogP contribution >= 0.6 is 0 Å². The molecule has 1 aromatic rings. The molecule has 1 N–H and O–H groups in total. The van der Waals surface area contributed by atoms with Crippen LogP contribution in [0.2, 0.25) is 0 Å². The first kappa shape index (κ1) is 20.8. The smallest absolute Gasteiger partial charge is 0.234 e. The fourth-order valence-electron chi connectivity index (χ4n) is 4.57. The average Bonchev–Trinajstić information content (AvgIpc) is 2.79. The quantitative estimate of drug-likeness (QED) is 0.745. The predicted molar refractivity (Wildman–Crippen MR) is 115 cm³/mol. The molecule has 3 heterocycles. The first-order valence-electron chi connectivity index (χ1n) is 11.1. The van der Waals surface area contributed by atoms with Crippen molar-refractivity contribution in [2.24, 2.45) is 0 Å². The van der Waals surface area contributed by atoms with Crippen LogP contribution < -0.4 is 10.2 Å². The molecule has 1 atom stereocenters. The number of amides is 3. The number of anilines is 1. The highest BCUT2D eigenvalue weighted by molar-refractivity contribution is 6.00. The lowest BCUT2D eigenvalue weighted by molar-refractivity contribution is -0.134. The van der Waals surface area contributed by atoms with Crippen LogP contribution in [0.3, 0.4) is 0 Å². The molecule has 0 saturated carbocycles. The molecule has 0 aliphatic carbocycles. The number of imide groups is 1. The molecule has 3 saturated heterocycles. The monoisotopic (exact) mass is 411 g/mol. The molecule has 0 aromatic heterocycles. The Morgan fingerprint density at radius 2 is 1.67 bits per heavy atom. The van der Waals surface area contributed by atoms with Gasteiger partial charge in [0.05, 0.1) is 5.92 Å². The van der Waals surface area contributed by atoms with Gasteiger partial charge in [-0.25, -0.2) is 0 Å². The first-order valence-corrected chi connectivity index (χ1v) is 11.1. The minimum atomic E-state index is -0.232. The predicted octanol–water partition coefficient (Wildman–Crippen LogP) is 1.55. The average molecular weight is 412 g/mol. The number of piperidine rings is 2. The summed E-state index contributed by atoms with van der Waals surface area (Å²) in [4.78, 5) is 42.5. The summed E-state index contributed by atoms with van der Waals surface area (Å²) in [6, 6.07) is 8.17. The minimum absolute atomic E-state index is 0.179. The number of hydrogen-bond acceptors (Lipinski definition) is 5. The first-order chi connectivity index (χ1) is 14.6. The number of carbonyl (C=O) groups excluding carboxylic acids is 3. The molecule has 0 bridgehead atoms. The molecule has 1 unspecified atom stereocenters. The van der Waals surface area contributed by atoms with Gasteiger partial charge in [-0.3, -0.25) is 24.6 Å². The lowest BCUT2D eigenvalue weighted by Crippen LogP contribution is -2.47. The van der Waals surface area contributed by atoms with Crippen molar-refractivity contribution in [2.75, 3.05) is 50.7 Å². The van der Waals surface area contributed by atoms with Gasteiger partial charge in [0, 0.05) is 64.3 Å². The van der Waals surface area contributed by atoms with E-state index in [4.69, 9.17) is 0 Å². The topological polar surface area (TPSA) is 73.0 Å². The SMILES string of the molecule is O=C1CCC(c2ccc(N3CCN(CCC(=O)N4CC[CH]CC4)CC3)cc2)C(=O)N1. The van der Waals surface area contributed by atoms with Gasteiger partial charge in [0.2, 0.25) is 17.7 Å². The van der Waals surface area contributed by atoms with Crippen molar-refractivity contribution < 1.29 is 14.4 Å². The summed E-state index contributed by atoms with van der Waals surface area (Å²) >= 11 is 0. The third-order valence-electron chi connectivity index (χ3n) is 6.47. The fourth-order valence-corrected chi connectivity index (χ4v) is 4.57. The zero-order chi connectivity index (χ0) is 20.9. The van der Waals surface area contributed by atoms with E-state index in [0.29, 0.717) is 19.3 Å². The number of likely N-dealkylation sites (tertiary alicyclic amines) is 1. The zero-order valence-corrected chi connectivity index (χ0v) is 17.5. The Morgan fingerprint density at radius 3 is 2.33 bits per heavy atom. The number of carbonyl (C=O) groups is 3. The van der Waals surface area contributed by atoms with Crippen LogP contribution in [0.5, 0.6) is 0 Å². The van der Waals surface area contributed by atoms with Crippen LogP contribution in [0.25, 0.3) is 0 Å². The second-order valence-corrected chi connectivity index (χ2v) is 8.42. The molecule has 4 rings (SSSR count). The summed E-state index contributed by atoms with van der Waals surface area (Å²) < 4.78 is 0. The molecule has 30 heavy (non-hydrogen) atoms. The molecular weight excluding hydrogens is 380 g/mol. The van der Waals surface area contributed by atoms with Crippen LogP contribution in [0.4, 0.5) is 5.69 Å². The van der Waals surface area contributed by atoms with Crippen LogP contribution in [0.1, 0.15) is 43.6 Å². The van der Waals surface area contributed by atoms with Gasteiger partial charge in [-0.2, -0.15) is 0 Å². The van der Waals surface area contributed by atoms with Crippen molar-refractivity contribution in [2.45, 2.75) is 38.0 Å². The Balaban J connectivity index is 1.23. The van der Waals surface area contributed by atoms with Gasteiger partial charge in [0.25, 0.3) is 0 Å².